The lowest BCUT2D eigenvalue weighted by Crippen LogP contribution is -1.97. The van der Waals surface area contributed by atoms with Crippen molar-refractivity contribution in [3.63, 3.8) is 0 Å². The van der Waals surface area contributed by atoms with Crippen molar-refractivity contribution in [2.24, 2.45) is 5.73 Å². The summed E-state index contributed by atoms with van der Waals surface area (Å²) < 4.78 is 78.8. The Morgan fingerprint density at radius 3 is 0.591 bits per heavy atom. The van der Waals surface area contributed by atoms with Crippen molar-refractivity contribution in [2.45, 2.75) is 32.6 Å². The molecule has 276 valence electrons. The molecule has 0 saturated carbocycles. The molecule has 0 radical (unpaired) electrons. The van der Waals surface area contributed by atoms with Crippen LogP contribution in [-0.2, 0) is 36.5 Å². The van der Waals surface area contributed by atoms with Crippen molar-refractivity contribution in [3.8, 4) is 0 Å². The van der Waals surface area contributed by atoms with E-state index in [-0.39, 0.29) is 6.15 Å². The maximum Gasteiger partial charge on any atom is 0.337 e. The lowest BCUT2D eigenvalue weighted by Gasteiger charge is -2.03. The summed E-state index contributed by atoms with van der Waals surface area (Å²) >= 11 is 0. The Balaban J connectivity index is -0.000000102. The van der Waals surface area contributed by atoms with Gasteiger partial charge in [0.25, 0.3) is 0 Å². The smallest absolute Gasteiger partial charge is 0.337 e. The van der Waals surface area contributed by atoms with Crippen LogP contribution in [0.25, 0.3) is 0 Å². The Hall–Kier alpha value is 1.12. The van der Waals surface area contributed by atoms with E-state index in [2.05, 4.69) is 6.92 Å². The third-order valence-electron chi connectivity index (χ3n) is 2.53. The first kappa shape index (κ1) is 57.4. The van der Waals surface area contributed by atoms with Gasteiger partial charge in [0.1, 0.15) is 0 Å². The molecule has 0 aromatic carbocycles. The lowest BCUT2D eigenvalue weighted by molar-refractivity contribution is 0.352. The molecule has 0 aliphatic carbocycles. The molecule has 0 aliphatic rings. The second kappa shape index (κ2) is 24.3. The van der Waals surface area contributed by atoms with Gasteiger partial charge in [-0.1, -0.05) is 26.2 Å². The van der Waals surface area contributed by atoms with E-state index >= 15 is 0 Å². The van der Waals surface area contributed by atoms with Crippen LogP contribution in [0.4, 0.5) is 0 Å². The number of hydrogen-bond acceptors (Lipinski definition) is 10. The SMILES string of the molecule is CCCCCCN.N.O=P(O)(O)CP(=O)(O)O.O=P(O)(O)CP(=O)(O)O.O=P(O)(O)CP(=O)(O)O.O=P(O)(O)CP(=O)(O)O. The van der Waals surface area contributed by atoms with Gasteiger partial charge in [-0.05, 0) is 13.0 Å². The molecule has 0 aliphatic heterocycles. The van der Waals surface area contributed by atoms with Crippen LogP contribution in [0.1, 0.15) is 32.6 Å². The van der Waals surface area contributed by atoms with Crippen LogP contribution in [0, 0.1) is 0 Å². The molecular weight excluding hydrogens is 780 g/mol. The quantitative estimate of drug-likeness (QED) is 0.0819. The highest BCUT2D eigenvalue weighted by Crippen LogP contribution is 2.53. The normalized spacial score (nSPS) is 12.8. The maximum absolute atomic E-state index is 9.85. The van der Waals surface area contributed by atoms with E-state index in [0.717, 1.165) is 6.54 Å². The predicted molar refractivity (Wildman–Crippen MR) is 154 cm³/mol. The second-order valence-corrected chi connectivity index (χ2v) is 22.9. The Labute approximate surface area is 250 Å². The average Bonchev–Trinajstić information content (AvgIpc) is 2.51. The summed E-state index contributed by atoms with van der Waals surface area (Å²) in [5.41, 5.74) is 5.27. The topological polar surface area (TPSA) is 521 Å². The van der Waals surface area contributed by atoms with Crippen LogP contribution in [0.15, 0.2) is 0 Å². The molecule has 0 spiro atoms. The molecule has 0 bridgehead atoms. The van der Waals surface area contributed by atoms with E-state index < -0.39 is 84.4 Å². The van der Waals surface area contributed by atoms with E-state index in [1.165, 1.54) is 25.7 Å². The Kier molecular flexibility index (Phi) is 31.7. The zero-order valence-electron chi connectivity index (χ0n) is 22.6. The van der Waals surface area contributed by atoms with Gasteiger partial charge in [0, 0.05) is 0 Å². The summed E-state index contributed by atoms with van der Waals surface area (Å²) in [6, 6.07) is 0. The first-order valence-electron chi connectivity index (χ1n) is 10.3. The number of unbranched alkanes of at least 4 members (excludes halogenated alkanes) is 3. The fourth-order valence-electron chi connectivity index (χ4n) is 1.53. The van der Waals surface area contributed by atoms with E-state index in [4.69, 9.17) is 84.0 Å². The van der Waals surface area contributed by atoms with Crippen molar-refractivity contribution in [2.75, 3.05) is 30.2 Å². The summed E-state index contributed by atoms with van der Waals surface area (Å²) in [6.07, 6.45) is 5.16. The van der Waals surface area contributed by atoms with E-state index in [0.29, 0.717) is 0 Å². The largest absolute Gasteiger partial charge is 0.344 e. The molecule has 0 atom stereocenters. The fraction of sp³-hybridized carbons (Fsp3) is 1.00. The van der Waals surface area contributed by atoms with Gasteiger partial charge in [0.05, 0.1) is 0 Å². The van der Waals surface area contributed by atoms with Crippen LogP contribution in [0.2, 0.25) is 0 Å². The summed E-state index contributed by atoms with van der Waals surface area (Å²) in [7, 11) is -36.4. The van der Waals surface area contributed by atoms with Gasteiger partial charge < -0.3 is 90.2 Å². The van der Waals surface area contributed by atoms with E-state index in [1.807, 2.05) is 0 Å². The first-order chi connectivity index (χ1) is 18.2. The van der Waals surface area contributed by atoms with Gasteiger partial charge in [-0.2, -0.15) is 0 Å². The van der Waals surface area contributed by atoms with Crippen molar-refractivity contribution in [3.05, 3.63) is 0 Å². The van der Waals surface area contributed by atoms with Crippen LogP contribution >= 0.6 is 60.8 Å². The highest BCUT2D eigenvalue weighted by Gasteiger charge is 2.28. The number of hydrogen-bond donors (Lipinski definition) is 18. The minimum atomic E-state index is -4.55. The van der Waals surface area contributed by atoms with Crippen molar-refractivity contribution >= 4 is 60.8 Å². The Morgan fingerprint density at radius 1 is 0.364 bits per heavy atom. The van der Waals surface area contributed by atoms with Crippen molar-refractivity contribution < 1.29 is 115 Å². The number of rotatable bonds is 12. The van der Waals surface area contributed by atoms with E-state index in [1.54, 1.807) is 0 Å². The van der Waals surface area contributed by atoms with Gasteiger partial charge in [0.2, 0.25) is 0 Å². The van der Waals surface area contributed by atoms with Crippen LogP contribution in [0.3, 0.4) is 0 Å². The first-order valence-corrected chi connectivity index (χ1v) is 24.7. The highest BCUT2D eigenvalue weighted by molar-refractivity contribution is 7.70. The third kappa shape index (κ3) is 90.2. The molecule has 0 aromatic rings. The summed E-state index contributed by atoms with van der Waals surface area (Å²) in [6.45, 7) is 3.07. The van der Waals surface area contributed by atoms with Gasteiger partial charge in [0.15, 0.2) is 23.6 Å². The zero-order valence-corrected chi connectivity index (χ0v) is 29.8. The van der Waals surface area contributed by atoms with Crippen molar-refractivity contribution in [1.82, 2.24) is 6.15 Å². The molecule has 0 amide bonds. The Morgan fingerprint density at radius 2 is 0.523 bits per heavy atom. The maximum atomic E-state index is 9.85. The number of nitrogens with two attached hydrogens (primary N) is 1. The van der Waals surface area contributed by atoms with Crippen LogP contribution in [0.5, 0.6) is 0 Å². The van der Waals surface area contributed by atoms with Gasteiger partial charge in [-0.3, -0.25) is 36.5 Å². The predicted octanol–water partition coefficient (Wildman–Crippen LogP) is -1.12. The monoisotopic (exact) mass is 822 g/mol. The molecule has 26 nitrogen and oxygen atoms in total. The molecule has 44 heavy (non-hydrogen) atoms. The molecule has 21 N–H and O–H groups in total. The van der Waals surface area contributed by atoms with Gasteiger partial charge >= 0.3 is 60.8 Å². The highest BCUT2D eigenvalue weighted by atomic mass is 31.3. The molecule has 0 saturated heterocycles. The van der Waals surface area contributed by atoms with Crippen LogP contribution in [-0.4, -0.2) is 108 Å². The van der Waals surface area contributed by atoms with Gasteiger partial charge in [-0.15, -0.1) is 0 Å². The van der Waals surface area contributed by atoms with Crippen molar-refractivity contribution in [1.29, 1.82) is 0 Å². The fourth-order valence-corrected chi connectivity index (χ4v) is 9.21. The van der Waals surface area contributed by atoms with Crippen LogP contribution < -0.4 is 11.9 Å². The molecule has 0 unspecified atom stereocenters. The zero-order chi connectivity index (χ0) is 36.4. The summed E-state index contributed by atoms with van der Waals surface area (Å²) in [5, 5.41) is 0. The molecule has 0 fully saturated rings. The lowest BCUT2D eigenvalue weighted by atomic mass is 10.2. The molecule has 0 rings (SSSR count). The Bertz CT molecular complexity index is 876. The van der Waals surface area contributed by atoms with Gasteiger partial charge in [-0.25, -0.2) is 0 Å². The minimum Gasteiger partial charge on any atom is -0.344 e. The molecule has 0 aromatic heterocycles. The third-order valence-corrected chi connectivity index (χ3v) is 14.3. The molecule has 0 heterocycles. The second-order valence-electron chi connectivity index (χ2n) is 7.73. The average molecular weight is 822 g/mol. The summed E-state index contributed by atoms with van der Waals surface area (Å²) in [4.78, 5) is 128. The minimum absolute atomic E-state index is 0. The summed E-state index contributed by atoms with van der Waals surface area (Å²) in [5.74, 6) is -5.50. The molecular formula is C10H42N2O24P8. The standard InChI is InChI=1S/C6H15N.4CH6O6P2.H3N/c1-2-3-4-5-6-7;4*2-8(3,4)1-9(5,6)7;/h2-7H2,1H3;4*1H2,(H2,2,3,4)(H2,5,6,7);1H3. The molecule has 34 heteroatoms. The van der Waals surface area contributed by atoms with E-state index in [9.17, 15) is 36.5 Å².